The molecule has 118 valence electrons. The maximum absolute atomic E-state index is 11.6. The molecule has 21 heavy (non-hydrogen) atoms. The first-order valence-electron chi connectivity index (χ1n) is 6.40. The number of amides is 2. The van der Waals surface area contributed by atoms with Crippen LogP contribution in [0.15, 0.2) is 24.3 Å². The molecular formula is C12H20N3O4PS. The minimum Gasteiger partial charge on any atom is -0.337 e. The van der Waals surface area contributed by atoms with E-state index in [-0.39, 0.29) is 6.03 Å². The zero-order chi connectivity index (χ0) is 15.7. The third kappa shape index (κ3) is 8.75. The molecule has 1 rings (SSSR count). The average molecular weight is 333 g/mol. The lowest BCUT2D eigenvalue weighted by molar-refractivity contribution is 0.252. The number of aryl methyl sites for hydroxylation is 1. The minimum atomic E-state index is -3.98. The van der Waals surface area contributed by atoms with E-state index >= 15 is 0 Å². The number of nitrogens with one attached hydrogen (secondary N) is 3. The number of urea groups is 1. The van der Waals surface area contributed by atoms with Gasteiger partial charge in [-0.25, -0.2) is 9.36 Å². The fourth-order valence-corrected chi connectivity index (χ4v) is 2.97. The molecule has 7 nitrogen and oxygen atoms in total. The predicted octanol–water partition coefficient (Wildman–Crippen LogP) is 1.53. The predicted molar refractivity (Wildman–Crippen MR) is 85.6 cm³/mol. The molecule has 0 radical (unpaired) electrons. The number of para-hydroxylation sites is 1. The molecule has 0 unspecified atom stereocenters. The quantitative estimate of drug-likeness (QED) is 0.364. The van der Waals surface area contributed by atoms with Crippen LogP contribution in [0.25, 0.3) is 0 Å². The molecular weight excluding hydrogens is 313 g/mol. The van der Waals surface area contributed by atoms with Gasteiger partial charge >= 0.3 is 12.8 Å². The van der Waals surface area contributed by atoms with Gasteiger partial charge in [0.25, 0.3) is 0 Å². The molecule has 1 aromatic carbocycles. The summed E-state index contributed by atoms with van der Waals surface area (Å²) in [7, 11) is 0. The number of anilines is 1. The lowest BCUT2D eigenvalue weighted by Gasteiger charge is -2.10. The van der Waals surface area contributed by atoms with Gasteiger partial charge in [-0.3, -0.25) is 0 Å². The summed E-state index contributed by atoms with van der Waals surface area (Å²) in [4.78, 5) is 28.9. The first kappa shape index (κ1) is 18.0. The Labute approximate surface area is 127 Å². The highest BCUT2D eigenvalue weighted by Crippen LogP contribution is 2.49. The lowest BCUT2D eigenvalue weighted by atomic mass is 10.2. The third-order valence-electron chi connectivity index (χ3n) is 2.52. The lowest BCUT2D eigenvalue weighted by Crippen LogP contribution is -2.35. The van der Waals surface area contributed by atoms with Gasteiger partial charge in [0.05, 0.1) is 0 Å². The molecule has 0 saturated carbocycles. The highest BCUT2D eigenvalue weighted by Gasteiger charge is 2.12. The molecule has 0 aromatic heterocycles. The van der Waals surface area contributed by atoms with Crippen LogP contribution in [0.1, 0.15) is 5.56 Å². The van der Waals surface area contributed by atoms with Gasteiger partial charge in [0.15, 0.2) is 0 Å². The maximum atomic E-state index is 11.6. The molecule has 9 heteroatoms. The van der Waals surface area contributed by atoms with Crippen LogP contribution in [-0.4, -0.2) is 41.2 Å². The second kappa shape index (κ2) is 9.07. The van der Waals surface area contributed by atoms with E-state index in [1.807, 2.05) is 31.2 Å². The van der Waals surface area contributed by atoms with Crippen molar-refractivity contribution < 1.29 is 19.1 Å². The number of rotatable bonds is 8. The molecule has 0 aliphatic carbocycles. The van der Waals surface area contributed by atoms with Crippen molar-refractivity contribution in [2.24, 2.45) is 0 Å². The summed E-state index contributed by atoms with van der Waals surface area (Å²) in [6, 6.07) is 7.21. The summed E-state index contributed by atoms with van der Waals surface area (Å²) >= 11 is 0.606. The Bertz CT molecular complexity index is 509. The van der Waals surface area contributed by atoms with Crippen LogP contribution in [0, 0.1) is 6.92 Å². The zero-order valence-corrected chi connectivity index (χ0v) is 13.4. The van der Waals surface area contributed by atoms with Gasteiger partial charge in [0, 0.05) is 31.1 Å². The Kier molecular flexibility index (Phi) is 7.77. The SMILES string of the molecule is Cc1ccccc1NC(=O)NCCNCCSP(=O)(O)O. The Balaban J connectivity index is 2.09. The van der Waals surface area contributed by atoms with Crippen LogP contribution in [0.4, 0.5) is 10.5 Å². The van der Waals surface area contributed by atoms with E-state index in [2.05, 4.69) is 16.0 Å². The van der Waals surface area contributed by atoms with Crippen LogP contribution in [0.2, 0.25) is 0 Å². The first-order chi connectivity index (χ1) is 9.88. The van der Waals surface area contributed by atoms with E-state index in [0.29, 0.717) is 36.8 Å². The van der Waals surface area contributed by atoms with Crippen molar-refractivity contribution in [3.05, 3.63) is 29.8 Å². The van der Waals surface area contributed by atoms with Gasteiger partial charge in [-0.05, 0) is 29.9 Å². The minimum absolute atomic E-state index is 0.282. The van der Waals surface area contributed by atoms with Crippen LogP contribution < -0.4 is 16.0 Å². The number of carbonyl (C=O) groups excluding carboxylic acids is 1. The molecule has 0 saturated heterocycles. The largest absolute Gasteiger partial charge is 0.384 e. The summed E-state index contributed by atoms with van der Waals surface area (Å²) < 4.78 is 10.6. The zero-order valence-electron chi connectivity index (χ0n) is 11.7. The summed E-state index contributed by atoms with van der Waals surface area (Å²) in [6.07, 6.45) is 0. The van der Waals surface area contributed by atoms with Gasteiger partial charge in [-0.15, -0.1) is 0 Å². The molecule has 0 aliphatic rings. The van der Waals surface area contributed by atoms with E-state index in [1.165, 1.54) is 0 Å². The van der Waals surface area contributed by atoms with Gasteiger partial charge < -0.3 is 25.7 Å². The topological polar surface area (TPSA) is 111 Å². The molecule has 1 aromatic rings. The van der Waals surface area contributed by atoms with E-state index in [4.69, 9.17) is 9.79 Å². The molecule has 0 bridgehead atoms. The average Bonchev–Trinajstić information content (AvgIpc) is 2.39. The van der Waals surface area contributed by atoms with Gasteiger partial charge in [-0.1, -0.05) is 18.2 Å². The van der Waals surface area contributed by atoms with Gasteiger partial charge in [0.2, 0.25) is 0 Å². The molecule has 0 spiro atoms. The van der Waals surface area contributed by atoms with Crippen LogP contribution in [0.5, 0.6) is 0 Å². The Morgan fingerprint density at radius 2 is 1.95 bits per heavy atom. The van der Waals surface area contributed by atoms with E-state index < -0.39 is 6.80 Å². The molecule has 0 aliphatic heterocycles. The van der Waals surface area contributed by atoms with E-state index in [9.17, 15) is 9.36 Å². The monoisotopic (exact) mass is 333 g/mol. The highest BCUT2D eigenvalue weighted by atomic mass is 32.7. The fourth-order valence-electron chi connectivity index (χ4n) is 1.51. The molecule has 0 heterocycles. The maximum Gasteiger partial charge on any atom is 0.384 e. The Morgan fingerprint density at radius 3 is 2.62 bits per heavy atom. The van der Waals surface area contributed by atoms with Crippen LogP contribution in [-0.2, 0) is 4.57 Å². The smallest absolute Gasteiger partial charge is 0.337 e. The second-order valence-corrected chi connectivity index (χ2v) is 8.12. The van der Waals surface area contributed by atoms with Crippen molar-refractivity contribution >= 4 is 29.9 Å². The number of benzene rings is 1. The fraction of sp³-hybridized carbons (Fsp3) is 0.417. The summed E-state index contributed by atoms with van der Waals surface area (Å²) in [5.41, 5.74) is 1.75. The van der Waals surface area contributed by atoms with Crippen molar-refractivity contribution in [1.82, 2.24) is 10.6 Å². The number of carbonyl (C=O) groups is 1. The Morgan fingerprint density at radius 1 is 1.24 bits per heavy atom. The highest BCUT2D eigenvalue weighted by molar-refractivity contribution is 8.54. The van der Waals surface area contributed by atoms with Crippen molar-refractivity contribution in [2.75, 3.05) is 30.7 Å². The third-order valence-corrected chi connectivity index (χ3v) is 4.80. The van der Waals surface area contributed by atoms with E-state index in [0.717, 1.165) is 11.3 Å². The molecule has 5 N–H and O–H groups in total. The number of hydrogen-bond donors (Lipinski definition) is 5. The first-order valence-corrected chi connectivity index (χ1v) is 9.60. The van der Waals surface area contributed by atoms with Gasteiger partial charge in [-0.2, -0.15) is 0 Å². The normalized spacial score (nSPS) is 11.2. The van der Waals surface area contributed by atoms with Crippen LogP contribution >= 0.6 is 18.2 Å². The second-order valence-electron chi connectivity index (χ2n) is 4.27. The summed E-state index contributed by atoms with van der Waals surface area (Å²) in [6.45, 7) is -0.643. The van der Waals surface area contributed by atoms with Crippen molar-refractivity contribution in [1.29, 1.82) is 0 Å². The van der Waals surface area contributed by atoms with Crippen molar-refractivity contribution in [2.45, 2.75) is 6.92 Å². The summed E-state index contributed by atoms with van der Waals surface area (Å²) in [5.74, 6) is 0.319. The van der Waals surface area contributed by atoms with Crippen LogP contribution in [0.3, 0.4) is 0 Å². The van der Waals surface area contributed by atoms with Gasteiger partial charge in [0.1, 0.15) is 0 Å². The molecule has 2 amide bonds. The Hall–Kier alpha value is -1.05. The van der Waals surface area contributed by atoms with Crippen molar-refractivity contribution in [3.8, 4) is 0 Å². The summed E-state index contributed by atoms with van der Waals surface area (Å²) in [5, 5.41) is 8.42. The van der Waals surface area contributed by atoms with Crippen molar-refractivity contribution in [3.63, 3.8) is 0 Å². The number of hydrogen-bond acceptors (Lipinski definition) is 4. The molecule has 0 fully saturated rings. The van der Waals surface area contributed by atoms with E-state index in [1.54, 1.807) is 0 Å². The standard InChI is InChI=1S/C12H20N3O4PS/c1-10-4-2-3-5-11(10)15-12(16)14-7-6-13-8-9-21-20(17,18)19/h2-5,13H,6-9H2,1H3,(H2,14,15,16)(H2,17,18,19). The molecule has 0 atom stereocenters.